The normalized spacial score (nSPS) is 10.4. The number of nitrogens with one attached hydrogen (secondary N) is 1. The van der Waals surface area contributed by atoms with Crippen LogP contribution in [0.15, 0.2) is 24.3 Å². The number of carbonyl (C=O) groups is 2. The number of rotatable bonds is 7. The maximum Gasteiger partial charge on any atom is 0.341 e. The van der Waals surface area contributed by atoms with Gasteiger partial charge in [-0.3, -0.25) is 4.79 Å². The summed E-state index contributed by atoms with van der Waals surface area (Å²) in [5.74, 6) is -0.471. The lowest BCUT2D eigenvalue weighted by molar-refractivity contribution is -0.118. The van der Waals surface area contributed by atoms with Gasteiger partial charge in [0.2, 0.25) is 0 Å². The first kappa shape index (κ1) is 19.6. The molecule has 25 heavy (non-hydrogen) atoms. The lowest BCUT2D eigenvalue weighted by Gasteiger charge is -2.08. The Morgan fingerprint density at radius 1 is 1.12 bits per heavy atom. The highest BCUT2D eigenvalue weighted by Gasteiger charge is 2.18. The number of anilines is 1. The van der Waals surface area contributed by atoms with E-state index in [1.54, 1.807) is 31.2 Å². The fraction of sp³-hybridized carbons (Fsp3) is 0.294. The molecule has 0 radical (unpaired) electrons. The van der Waals surface area contributed by atoms with Gasteiger partial charge in [-0.2, -0.15) is 0 Å². The molecule has 1 amide bonds. The zero-order chi connectivity index (χ0) is 18.4. The van der Waals surface area contributed by atoms with Crippen molar-refractivity contribution in [1.29, 1.82) is 0 Å². The summed E-state index contributed by atoms with van der Waals surface area (Å²) >= 11 is 13.1. The van der Waals surface area contributed by atoms with Crippen LogP contribution in [0.3, 0.4) is 0 Å². The molecule has 0 atom stereocenters. The summed E-state index contributed by atoms with van der Waals surface area (Å²) in [7, 11) is 0. The molecule has 1 aromatic heterocycles. The van der Waals surface area contributed by atoms with Gasteiger partial charge in [0.1, 0.15) is 10.8 Å². The van der Waals surface area contributed by atoms with Crippen LogP contribution in [0, 0.1) is 0 Å². The number of hydrogen-bond acceptors (Lipinski definition) is 5. The molecule has 0 aliphatic heterocycles. The van der Waals surface area contributed by atoms with Crippen molar-refractivity contribution in [3.8, 4) is 5.75 Å². The number of thiophene rings is 1. The second kappa shape index (κ2) is 9.08. The zero-order valence-corrected chi connectivity index (χ0v) is 16.1. The summed E-state index contributed by atoms with van der Waals surface area (Å²) in [6.45, 7) is 3.73. The van der Waals surface area contributed by atoms with E-state index in [9.17, 15) is 9.59 Å². The van der Waals surface area contributed by atoms with Gasteiger partial charge in [0.15, 0.2) is 6.61 Å². The fourth-order valence-corrected chi connectivity index (χ4v) is 3.50. The van der Waals surface area contributed by atoms with E-state index < -0.39 is 11.9 Å². The summed E-state index contributed by atoms with van der Waals surface area (Å²) < 4.78 is 10.4. The minimum Gasteiger partial charge on any atom is -0.484 e. The van der Waals surface area contributed by atoms with Gasteiger partial charge in [-0.1, -0.05) is 30.1 Å². The minimum atomic E-state index is -0.462. The molecule has 1 N–H and O–H groups in total. The van der Waals surface area contributed by atoms with Crippen LogP contribution < -0.4 is 10.1 Å². The highest BCUT2D eigenvalue weighted by molar-refractivity contribution is 7.16. The van der Waals surface area contributed by atoms with Gasteiger partial charge in [0.05, 0.1) is 12.2 Å². The first-order chi connectivity index (χ1) is 11.9. The van der Waals surface area contributed by atoms with Crippen LogP contribution in [-0.2, 0) is 16.0 Å². The molecule has 0 spiro atoms. The average molecular weight is 402 g/mol. The smallest absolute Gasteiger partial charge is 0.341 e. The molecule has 134 valence electrons. The molecule has 1 aromatic carbocycles. The number of ether oxygens (including phenoxy) is 2. The Balaban J connectivity index is 2.04. The largest absolute Gasteiger partial charge is 0.484 e. The minimum absolute atomic E-state index is 0.238. The summed E-state index contributed by atoms with van der Waals surface area (Å²) in [6, 6.07) is 6.42. The summed E-state index contributed by atoms with van der Waals surface area (Å²) in [5, 5.41) is 3.97. The molecule has 2 rings (SSSR count). The third kappa shape index (κ3) is 5.63. The molecule has 1 heterocycles. The maximum absolute atomic E-state index is 12.1. The number of aryl methyl sites for hydroxylation is 1. The number of esters is 1. The molecule has 0 fully saturated rings. The molecule has 0 aliphatic carbocycles. The molecule has 0 saturated carbocycles. The van der Waals surface area contributed by atoms with Gasteiger partial charge in [-0.05, 0) is 37.6 Å². The molecule has 5 nitrogen and oxygen atoms in total. The summed E-state index contributed by atoms with van der Waals surface area (Å²) in [6.07, 6.45) is 0.754. The van der Waals surface area contributed by atoms with Crippen LogP contribution in [0.4, 0.5) is 5.00 Å². The van der Waals surface area contributed by atoms with Gasteiger partial charge in [0.25, 0.3) is 5.91 Å². The lowest BCUT2D eigenvalue weighted by Crippen LogP contribution is -2.21. The van der Waals surface area contributed by atoms with Crippen LogP contribution in [0.2, 0.25) is 10.0 Å². The third-order valence-electron chi connectivity index (χ3n) is 3.09. The van der Waals surface area contributed by atoms with Gasteiger partial charge in [-0.15, -0.1) is 11.3 Å². The Bertz CT molecular complexity index is 756. The molecule has 8 heteroatoms. The van der Waals surface area contributed by atoms with Crippen molar-refractivity contribution in [2.24, 2.45) is 0 Å². The highest BCUT2D eigenvalue weighted by atomic mass is 35.5. The van der Waals surface area contributed by atoms with Crippen LogP contribution in [-0.4, -0.2) is 25.1 Å². The van der Waals surface area contributed by atoms with Gasteiger partial charge in [0, 0.05) is 14.9 Å². The Hall–Kier alpha value is -1.76. The maximum atomic E-state index is 12.1. The van der Waals surface area contributed by atoms with Crippen molar-refractivity contribution >= 4 is 51.4 Å². The standard InChI is InChI=1S/C17H17Cl2NO4S/c1-3-13-8-14(17(22)23-4-2)16(25-13)20-15(21)9-24-12-6-10(18)5-11(19)7-12/h5-8H,3-4,9H2,1-2H3,(H,20,21). The van der Waals surface area contributed by atoms with Crippen LogP contribution in [0.5, 0.6) is 5.75 Å². The Morgan fingerprint density at radius 3 is 2.40 bits per heavy atom. The van der Waals surface area contributed by atoms with Crippen LogP contribution in [0.25, 0.3) is 0 Å². The summed E-state index contributed by atoms with van der Waals surface area (Å²) in [5.41, 5.74) is 0.350. The fourth-order valence-electron chi connectivity index (χ4n) is 1.99. The number of hydrogen-bond donors (Lipinski definition) is 1. The van der Waals surface area contributed by atoms with Crippen molar-refractivity contribution in [2.45, 2.75) is 20.3 Å². The molecule has 0 bridgehead atoms. The quantitative estimate of drug-likeness (QED) is 0.675. The lowest BCUT2D eigenvalue weighted by atomic mass is 10.2. The monoisotopic (exact) mass is 401 g/mol. The molecule has 2 aromatic rings. The van der Waals surface area contributed by atoms with Crippen molar-refractivity contribution in [1.82, 2.24) is 0 Å². The van der Waals surface area contributed by atoms with Gasteiger partial charge in [-0.25, -0.2) is 4.79 Å². The second-order valence-electron chi connectivity index (χ2n) is 4.97. The number of amides is 1. The van der Waals surface area contributed by atoms with Crippen LogP contribution >= 0.6 is 34.5 Å². The Morgan fingerprint density at radius 2 is 1.80 bits per heavy atom. The van der Waals surface area contributed by atoms with E-state index in [1.165, 1.54) is 11.3 Å². The van der Waals surface area contributed by atoms with Crippen LogP contribution in [0.1, 0.15) is 29.1 Å². The zero-order valence-electron chi connectivity index (χ0n) is 13.7. The van der Waals surface area contributed by atoms with E-state index in [4.69, 9.17) is 32.7 Å². The summed E-state index contributed by atoms with van der Waals surface area (Å²) in [4.78, 5) is 25.1. The van der Waals surface area contributed by atoms with E-state index in [0.29, 0.717) is 26.4 Å². The topological polar surface area (TPSA) is 64.6 Å². The van der Waals surface area contributed by atoms with E-state index >= 15 is 0 Å². The SMILES string of the molecule is CCOC(=O)c1cc(CC)sc1NC(=O)COc1cc(Cl)cc(Cl)c1. The Kier molecular flexibility index (Phi) is 7.11. The molecular weight excluding hydrogens is 385 g/mol. The highest BCUT2D eigenvalue weighted by Crippen LogP contribution is 2.29. The van der Waals surface area contributed by atoms with E-state index in [0.717, 1.165) is 11.3 Å². The van der Waals surface area contributed by atoms with Gasteiger partial charge < -0.3 is 14.8 Å². The first-order valence-corrected chi connectivity index (χ1v) is 9.18. The van der Waals surface area contributed by atoms with Crippen molar-refractivity contribution < 1.29 is 19.1 Å². The molecular formula is C17H17Cl2NO4S. The van der Waals surface area contributed by atoms with E-state index in [1.807, 2.05) is 6.92 Å². The second-order valence-corrected chi connectivity index (χ2v) is 6.98. The number of benzene rings is 1. The van der Waals surface area contributed by atoms with E-state index in [-0.39, 0.29) is 13.2 Å². The predicted molar refractivity (Wildman–Crippen MR) is 100 cm³/mol. The Labute approximate surface area is 159 Å². The first-order valence-electron chi connectivity index (χ1n) is 7.61. The molecule has 0 saturated heterocycles. The number of halogens is 2. The average Bonchev–Trinajstić information content (AvgIpc) is 2.95. The van der Waals surface area contributed by atoms with Crippen molar-refractivity contribution in [2.75, 3.05) is 18.5 Å². The van der Waals surface area contributed by atoms with Crippen molar-refractivity contribution in [3.05, 3.63) is 44.8 Å². The van der Waals surface area contributed by atoms with Crippen molar-refractivity contribution in [3.63, 3.8) is 0 Å². The predicted octanol–water partition coefficient (Wildman–Crippen LogP) is 4.81. The molecule has 0 aliphatic rings. The number of carbonyl (C=O) groups excluding carboxylic acids is 2. The molecule has 0 unspecified atom stereocenters. The van der Waals surface area contributed by atoms with E-state index in [2.05, 4.69) is 5.32 Å². The van der Waals surface area contributed by atoms with Gasteiger partial charge >= 0.3 is 5.97 Å². The third-order valence-corrected chi connectivity index (χ3v) is 4.72.